The van der Waals surface area contributed by atoms with Crippen molar-refractivity contribution < 1.29 is 13.9 Å². The van der Waals surface area contributed by atoms with Crippen LogP contribution in [-0.2, 0) is 0 Å². The van der Waals surface area contributed by atoms with Crippen LogP contribution in [0.2, 0.25) is 0 Å². The minimum absolute atomic E-state index is 0.297. The van der Waals surface area contributed by atoms with E-state index in [0.29, 0.717) is 23.6 Å². The van der Waals surface area contributed by atoms with Crippen LogP contribution in [-0.4, -0.2) is 22.5 Å². The van der Waals surface area contributed by atoms with Crippen LogP contribution in [0.5, 0.6) is 11.5 Å². The second kappa shape index (κ2) is 11.2. The Morgan fingerprint density at radius 3 is 1.98 bits per heavy atom. The van der Waals surface area contributed by atoms with Crippen LogP contribution < -0.4 is 9.47 Å². The van der Waals surface area contributed by atoms with Crippen molar-refractivity contribution in [2.24, 2.45) is 5.92 Å². The van der Waals surface area contributed by atoms with Gasteiger partial charge in [0.25, 0.3) is 0 Å². The van der Waals surface area contributed by atoms with Crippen molar-refractivity contribution in [2.75, 3.05) is 13.7 Å². The Balaban J connectivity index is 1.29. The number of thiophene rings is 1. The number of hydrogen-bond acceptors (Lipinski definition) is 6. The fourth-order valence-electron chi connectivity index (χ4n) is 4.60. The van der Waals surface area contributed by atoms with Gasteiger partial charge in [0.15, 0.2) is 0 Å². The van der Waals surface area contributed by atoms with E-state index < -0.39 is 0 Å². The maximum atomic E-state index is 15.5. The Bertz CT molecular complexity index is 1770. The third-order valence-corrected chi connectivity index (χ3v) is 8.39. The van der Waals surface area contributed by atoms with Crippen LogP contribution in [0.1, 0.15) is 13.8 Å². The molecule has 0 unspecified atom stereocenters. The highest BCUT2D eigenvalue weighted by Gasteiger charge is 2.18. The van der Waals surface area contributed by atoms with Crippen LogP contribution in [0.25, 0.3) is 54.2 Å². The number of benzene rings is 4. The van der Waals surface area contributed by atoms with Gasteiger partial charge in [0.05, 0.1) is 25.4 Å². The van der Waals surface area contributed by atoms with E-state index in [2.05, 4.69) is 46.9 Å². The van der Waals surface area contributed by atoms with E-state index in [4.69, 9.17) is 9.47 Å². The first-order valence-corrected chi connectivity index (χ1v) is 14.6. The van der Waals surface area contributed by atoms with Crippen molar-refractivity contribution in [1.29, 1.82) is 0 Å². The maximum Gasteiger partial charge on any atom is 0.131 e. The van der Waals surface area contributed by atoms with Gasteiger partial charge in [-0.15, -0.1) is 11.3 Å². The summed E-state index contributed by atoms with van der Waals surface area (Å²) < 4.78 is 35.7. The lowest BCUT2D eigenvalue weighted by Crippen LogP contribution is -2.04. The Hall–Kier alpha value is -4.07. The van der Waals surface area contributed by atoms with Crippen molar-refractivity contribution in [3.63, 3.8) is 0 Å². The van der Waals surface area contributed by atoms with Crippen molar-refractivity contribution in [2.45, 2.75) is 13.8 Å². The van der Waals surface area contributed by atoms with E-state index in [1.807, 2.05) is 60.7 Å². The van der Waals surface area contributed by atoms with Crippen molar-refractivity contribution in [3.8, 4) is 54.6 Å². The molecule has 6 aromatic rings. The normalized spacial score (nSPS) is 11.3. The molecular formula is C33H27FN2O2S2. The molecule has 0 aliphatic carbocycles. The molecule has 0 radical (unpaired) electrons. The summed E-state index contributed by atoms with van der Waals surface area (Å²) in [7, 11) is 1.63. The zero-order chi connectivity index (χ0) is 27.6. The molecule has 0 fully saturated rings. The number of fused-ring (bicyclic) bond motifs is 1. The van der Waals surface area contributed by atoms with E-state index in [1.165, 1.54) is 0 Å². The van der Waals surface area contributed by atoms with Crippen LogP contribution >= 0.6 is 23.1 Å². The Morgan fingerprint density at radius 2 is 1.27 bits per heavy atom. The number of nitrogens with zero attached hydrogens (tertiary/aromatic N) is 2. The second-order valence-electron chi connectivity index (χ2n) is 9.94. The molecule has 0 aliphatic rings. The molecule has 7 heteroatoms. The molecule has 2 heterocycles. The lowest BCUT2D eigenvalue weighted by Gasteiger charge is -2.09. The third-order valence-electron chi connectivity index (χ3n) is 6.69. The predicted molar refractivity (Wildman–Crippen MR) is 164 cm³/mol. The van der Waals surface area contributed by atoms with Crippen LogP contribution in [0.15, 0.2) is 91.0 Å². The smallest absolute Gasteiger partial charge is 0.131 e. The average molecular weight is 567 g/mol. The van der Waals surface area contributed by atoms with E-state index in [1.54, 1.807) is 24.5 Å². The van der Waals surface area contributed by atoms with Gasteiger partial charge in [-0.2, -0.15) is 8.75 Å². The van der Waals surface area contributed by atoms with Crippen LogP contribution in [0.3, 0.4) is 0 Å². The minimum atomic E-state index is -0.297. The fraction of sp³-hybridized carbons (Fsp3) is 0.152. The topological polar surface area (TPSA) is 44.2 Å². The van der Waals surface area contributed by atoms with Crippen molar-refractivity contribution in [1.82, 2.24) is 8.75 Å². The number of rotatable bonds is 8. The second-order valence-corrected chi connectivity index (χ2v) is 11.6. The molecule has 0 atom stereocenters. The summed E-state index contributed by atoms with van der Waals surface area (Å²) >= 11 is 2.85. The fourth-order valence-corrected chi connectivity index (χ4v) is 6.21. The van der Waals surface area contributed by atoms with Gasteiger partial charge in [0, 0.05) is 26.4 Å². The Kier molecular flexibility index (Phi) is 7.32. The van der Waals surface area contributed by atoms with E-state index in [9.17, 15) is 0 Å². The average Bonchev–Trinajstić information content (AvgIpc) is 3.67. The molecule has 200 valence electrons. The highest BCUT2D eigenvalue weighted by atomic mass is 32.1. The molecule has 4 aromatic carbocycles. The molecular weight excluding hydrogens is 540 g/mol. The van der Waals surface area contributed by atoms with Crippen molar-refractivity contribution >= 4 is 34.1 Å². The molecule has 4 nitrogen and oxygen atoms in total. The third kappa shape index (κ3) is 5.22. The quantitative estimate of drug-likeness (QED) is 0.184. The zero-order valence-corrected chi connectivity index (χ0v) is 24.0. The summed E-state index contributed by atoms with van der Waals surface area (Å²) in [5.41, 5.74) is 6.60. The van der Waals surface area contributed by atoms with E-state index in [-0.39, 0.29) is 5.82 Å². The van der Waals surface area contributed by atoms with Crippen molar-refractivity contribution in [3.05, 3.63) is 96.8 Å². The molecule has 0 saturated heterocycles. The highest BCUT2D eigenvalue weighted by molar-refractivity contribution is 7.19. The molecule has 6 rings (SSSR count). The van der Waals surface area contributed by atoms with Gasteiger partial charge >= 0.3 is 0 Å². The summed E-state index contributed by atoms with van der Waals surface area (Å²) in [4.78, 5) is 2.25. The first kappa shape index (κ1) is 26.2. The Morgan fingerprint density at radius 1 is 0.675 bits per heavy atom. The van der Waals surface area contributed by atoms with Gasteiger partial charge in [0.1, 0.15) is 28.3 Å². The molecule has 0 aliphatic heterocycles. The molecule has 2 aromatic heterocycles. The first-order chi connectivity index (χ1) is 19.5. The summed E-state index contributed by atoms with van der Waals surface area (Å²) in [6, 6.07) is 29.3. The maximum absolute atomic E-state index is 15.5. The minimum Gasteiger partial charge on any atom is -0.497 e. The molecule has 0 saturated carbocycles. The summed E-state index contributed by atoms with van der Waals surface area (Å²) in [6.07, 6.45) is 0. The number of hydrogen-bond donors (Lipinski definition) is 0. The van der Waals surface area contributed by atoms with E-state index >= 15 is 4.39 Å². The Labute approximate surface area is 241 Å². The van der Waals surface area contributed by atoms with E-state index in [0.717, 1.165) is 66.3 Å². The van der Waals surface area contributed by atoms with Gasteiger partial charge in [-0.25, -0.2) is 4.39 Å². The summed E-state index contributed by atoms with van der Waals surface area (Å²) in [6.45, 7) is 4.98. The number of ether oxygens (including phenoxy) is 2. The van der Waals surface area contributed by atoms with Crippen LogP contribution in [0, 0.1) is 11.7 Å². The lowest BCUT2D eigenvalue weighted by molar-refractivity contribution is 0.271. The summed E-state index contributed by atoms with van der Waals surface area (Å²) in [5, 5.41) is 0. The van der Waals surface area contributed by atoms with Gasteiger partial charge in [-0.05, 0) is 77.2 Å². The SMILES string of the molecule is COc1ccc(-c2ccc(-c3ccc(-c4ccc(-c5ccc(OCC(C)C)cc5)s4)c4nsnc34)c(F)c2)cc1. The monoisotopic (exact) mass is 566 g/mol. The number of aromatic nitrogens is 2. The number of halogens is 1. The number of methoxy groups -OCH3 is 1. The first-order valence-electron chi connectivity index (χ1n) is 13.0. The molecule has 0 amide bonds. The standard InChI is InChI=1S/C33H27FN2O2S2/c1-20(2)19-38-25-11-6-22(7-12-25)30-16-17-31(39-30)28-15-14-27(32-33(28)36-40-35-32)26-13-8-23(18-29(26)34)21-4-9-24(37-3)10-5-21/h4-18,20H,19H2,1-3H3. The molecule has 40 heavy (non-hydrogen) atoms. The largest absolute Gasteiger partial charge is 0.497 e. The predicted octanol–water partition coefficient (Wildman–Crippen LogP) is 9.60. The molecule has 0 N–H and O–H groups in total. The lowest BCUT2D eigenvalue weighted by atomic mass is 9.97. The van der Waals surface area contributed by atoms with Crippen LogP contribution in [0.4, 0.5) is 4.39 Å². The summed E-state index contributed by atoms with van der Waals surface area (Å²) in [5.74, 6) is 1.83. The van der Waals surface area contributed by atoms with Gasteiger partial charge < -0.3 is 9.47 Å². The van der Waals surface area contributed by atoms with Gasteiger partial charge in [0.2, 0.25) is 0 Å². The van der Waals surface area contributed by atoms with Gasteiger partial charge in [-0.1, -0.05) is 50.2 Å². The van der Waals surface area contributed by atoms with Gasteiger partial charge in [-0.3, -0.25) is 0 Å². The highest BCUT2D eigenvalue weighted by Crippen LogP contribution is 2.41. The molecule has 0 bridgehead atoms. The zero-order valence-electron chi connectivity index (χ0n) is 22.4. The molecule has 0 spiro atoms.